The molecule has 0 radical (unpaired) electrons. The van der Waals surface area contributed by atoms with Crippen molar-refractivity contribution in [2.45, 2.75) is 67.9 Å². The first-order valence-electron chi connectivity index (χ1n) is 9.13. The quantitative estimate of drug-likeness (QED) is 0.594. The van der Waals surface area contributed by atoms with E-state index in [9.17, 15) is 13.2 Å². The van der Waals surface area contributed by atoms with Crippen molar-refractivity contribution in [3.05, 3.63) is 28.2 Å². The molecule has 0 bridgehead atoms. The molecule has 0 heterocycles. The van der Waals surface area contributed by atoms with Crippen LogP contribution in [0.15, 0.2) is 27.6 Å². The minimum Gasteiger partial charge on any atom is -0.466 e. The molecule has 2 aliphatic rings. The maximum atomic E-state index is 12.5. The summed E-state index contributed by atoms with van der Waals surface area (Å²) in [6.07, 6.45) is 7.02. The van der Waals surface area contributed by atoms with E-state index in [0.717, 1.165) is 37.7 Å². The maximum absolute atomic E-state index is 12.5. The molecule has 2 fully saturated rings. The van der Waals surface area contributed by atoms with Gasteiger partial charge in [0.05, 0.1) is 22.7 Å². The summed E-state index contributed by atoms with van der Waals surface area (Å²) in [6, 6.07) is 5.23. The largest absolute Gasteiger partial charge is 0.466 e. The fourth-order valence-electron chi connectivity index (χ4n) is 3.71. The number of sulfone groups is 1. The lowest BCUT2D eigenvalue weighted by atomic mass is 9.88. The normalized spacial score (nSPS) is 19.8. The molecule has 0 aliphatic heterocycles. The fourth-order valence-corrected chi connectivity index (χ4v) is 6.49. The zero-order valence-corrected chi connectivity index (χ0v) is 16.9. The molecule has 0 amide bonds. The molecule has 0 N–H and O–H groups in total. The molecule has 0 spiro atoms. The van der Waals surface area contributed by atoms with E-state index >= 15 is 0 Å². The van der Waals surface area contributed by atoms with Crippen LogP contribution >= 0.6 is 15.9 Å². The number of hydrogen-bond acceptors (Lipinski definition) is 4. The number of carbonyl (C=O) groups is 1. The molecule has 25 heavy (non-hydrogen) atoms. The molecule has 0 saturated heterocycles. The molecule has 138 valence electrons. The van der Waals surface area contributed by atoms with E-state index in [1.165, 1.54) is 12.8 Å². The lowest BCUT2D eigenvalue weighted by molar-refractivity contribution is -0.145. The minimum atomic E-state index is -3.25. The van der Waals surface area contributed by atoms with E-state index in [1.807, 2.05) is 6.92 Å². The van der Waals surface area contributed by atoms with Crippen LogP contribution in [0.5, 0.6) is 0 Å². The lowest BCUT2D eigenvalue weighted by Gasteiger charge is -2.20. The zero-order chi connectivity index (χ0) is 18.0. The van der Waals surface area contributed by atoms with E-state index in [1.54, 1.807) is 18.2 Å². The Morgan fingerprint density at radius 3 is 2.48 bits per heavy atom. The predicted octanol–water partition coefficient (Wildman–Crippen LogP) is 4.61. The van der Waals surface area contributed by atoms with Gasteiger partial charge in [0.1, 0.15) is 0 Å². The van der Waals surface area contributed by atoms with Crippen LogP contribution in [0, 0.1) is 5.92 Å². The highest BCUT2D eigenvalue weighted by atomic mass is 79.9. The molecule has 3 rings (SSSR count). The van der Waals surface area contributed by atoms with Gasteiger partial charge in [0.15, 0.2) is 9.84 Å². The van der Waals surface area contributed by atoms with Crippen molar-refractivity contribution in [2.75, 3.05) is 6.61 Å². The average Bonchev–Trinajstić information content (AvgIpc) is 3.31. The Bertz CT molecular complexity index is 734. The van der Waals surface area contributed by atoms with Gasteiger partial charge in [0.2, 0.25) is 0 Å². The zero-order valence-electron chi connectivity index (χ0n) is 14.5. The molecule has 2 aliphatic carbocycles. The summed E-state index contributed by atoms with van der Waals surface area (Å²) < 4.78 is 30.8. The summed E-state index contributed by atoms with van der Waals surface area (Å²) in [4.78, 5) is 12.8. The Balaban J connectivity index is 1.87. The highest BCUT2D eigenvalue weighted by Crippen LogP contribution is 2.39. The van der Waals surface area contributed by atoms with Crippen LogP contribution in [0.2, 0.25) is 0 Å². The first kappa shape index (κ1) is 18.9. The number of carbonyl (C=O) groups excluding carboxylic acids is 1. The number of esters is 1. The van der Waals surface area contributed by atoms with Crippen molar-refractivity contribution in [1.82, 2.24) is 0 Å². The Morgan fingerprint density at radius 1 is 1.24 bits per heavy atom. The molecule has 1 unspecified atom stereocenters. The highest BCUT2D eigenvalue weighted by molar-refractivity contribution is 9.10. The minimum absolute atomic E-state index is 0.209. The molecule has 2 saturated carbocycles. The van der Waals surface area contributed by atoms with Crippen LogP contribution in [0.3, 0.4) is 0 Å². The Hall–Kier alpha value is -0.880. The second-order valence-electron chi connectivity index (χ2n) is 7.13. The monoisotopic (exact) mass is 428 g/mol. The first-order valence-corrected chi connectivity index (χ1v) is 11.5. The van der Waals surface area contributed by atoms with E-state index in [-0.39, 0.29) is 17.1 Å². The average molecular weight is 429 g/mol. The van der Waals surface area contributed by atoms with Crippen LogP contribution in [0.25, 0.3) is 0 Å². The molecular weight excluding hydrogens is 404 g/mol. The third-order valence-corrected chi connectivity index (χ3v) is 8.48. The van der Waals surface area contributed by atoms with Crippen molar-refractivity contribution in [3.63, 3.8) is 0 Å². The van der Waals surface area contributed by atoms with Crippen LogP contribution in [-0.4, -0.2) is 26.2 Å². The standard InChI is InChI=1S/C19H25BrO4S/c1-2-24-19(21)16(11-13-5-3-4-6-13)14-7-10-18(17(20)12-14)25(22,23)15-8-9-15/h7,10,12-13,15-16H,2-6,8-9,11H2,1H3. The second-order valence-corrected chi connectivity index (χ2v) is 10.2. The van der Waals surface area contributed by atoms with Gasteiger partial charge in [-0.05, 0) is 65.7 Å². The Morgan fingerprint density at radius 2 is 1.92 bits per heavy atom. The SMILES string of the molecule is CCOC(=O)C(CC1CCCC1)c1ccc(S(=O)(=O)C2CC2)c(Br)c1. The van der Waals surface area contributed by atoms with Crippen LogP contribution < -0.4 is 0 Å². The Labute approximate surface area is 158 Å². The van der Waals surface area contributed by atoms with E-state index in [4.69, 9.17) is 4.74 Å². The third kappa shape index (κ3) is 4.27. The molecule has 6 heteroatoms. The first-order chi connectivity index (χ1) is 11.9. The summed E-state index contributed by atoms with van der Waals surface area (Å²) in [7, 11) is -3.25. The molecule has 0 aromatic heterocycles. The van der Waals surface area contributed by atoms with Gasteiger partial charge in [0.25, 0.3) is 0 Å². The topological polar surface area (TPSA) is 60.4 Å². The van der Waals surface area contributed by atoms with Crippen molar-refractivity contribution < 1.29 is 17.9 Å². The van der Waals surface area contributed by atoms with Gasteiger partial charge in [-0.1, -0.05) is 31.7 Å². The van der Waals surface area contributed by atoms with Crippen LogP contribution in [0.4, 0.5) is 0 Å². The van der Waals surface area contributed by atoms with Gasteiger partial charge in [-0.15, -0.1) is 0 Å². The molecule has 1 atom stereocenters. The third-order valence-electron chi connectivity index (χ3n) is 5.24. The molecular formula is C19H25BrO4S. The van der Waals surface area contributed by atoms with Crippen molar-refractivity contribution >= 4 is 31.7 Å². The van der Waals surface area contributed by atoms with Gasteiger partial charge in [-0.2, -0.15) is 0 Å². The molecule has 4 nitrogen and oxygen atoms in total. The summed E-state index contributed by atoms with van der Waals surface area (Å²) in [5.74, 6) is 0.0131. The predicted molar refractivity (Wildman–Crippen MR) is 100 cm³/mol. The smallest absolute Gasteiger partial charge is 0.313 e. The summed E-state index contributed by atoms with van der Waals surface area (Å²) in [6.45, 7) is 2.17. The van der Waals surface area contributed by atoms with E-state index in [2.05, 4.69) is 15.9 Å². The summed E-state index contributed by atoms with van der Waals surface area (Å²) >= 11 is 3.42. The molecule has 1 aromatic rings. The fraction of sp³-hybridized carbons (Fsp3) is 0.632. The van der Waals surface area contributed by atoms with Crippen LogP contribution in [0.1, 0.15) is 63.4 Å². The van der Waals surface area contributed by atoms with Gasteiger partial charge in [-0.3, -0.25) is 4.79 Å². The van der Waals surface area contributed by atoms with Crippen molar-refractivity contribution in [1.29, 1.82) is 0 Å². The van der Waals surface area contributed by atoms with Gasteiger partial charge >= 0.3 is 5.97 Å². The Kier molecular flexibility index (Phi) is 5.88. The summed E-state index contributed by atoms with van der Waals surface area (Å²) in [5, 5.41) is -0.242. The van der Waals surface area contributed by atoms with Crippen molar-refractivity contribution in [3.8, 4) is 0 Å². The number of halogens is 1. The lowest BCUT2D eigenvalue weighted by Crippen LogP contribution is -2.19. The molecule has 1 aromatic carbocycles. The van der Waals surface area contributed by atoms with Gasteiger partial charge in [0, 0.05) is 4.47 Å². The van der Waals surface area contributed by atoms with Gasteiger partial charge < -0.3 is 4.74 Å². The van der Waals surface area contributed by atoms with Gasteiger partial charge in [-0.25, -0.2) is 8.42 Å². The maximum Gasteiger partial charge on any atom is 0.313 e. The van der Waals surface area contributed by atoms with E-state index < -0.39 is 9.84 Å². The van der Waals surface area contributed by atoms with E-state index in [0.29, 0.717) is 21.9 Å². The number of hydrogen-bond donors (Lipinski definition) is 0. The summed E-state index contributed by atoms with van der Waals surface area (Å²) in [5.41, 5.74) is 0.840. The highest BCUT2D eigenvalue weighted by Gasteiger charge is 2.38. The number of rotatable bonds is 7. The van der Waals surface area contributed by atoms with Crippen molar-refractivity contribution in [2.24, 2.45) is 5.92 Å². The second kappa shape index (κ2) is 7.78. The number of benzene rings is 1. The van der Waals surface area contributed by atoms with Crippen LogP contribution in [-0.2, 0) is 19.4 Å². The number of ether oxygens (including phenoxy) is 1.